The third-order valence-corrected chi connectivity index (χ3v) is 4.95. The lowest BCUT2D eigenvalue weighted by Crippen LogP contribution is -2.09. The fourth-order valence-electron chi connectivity index (χ4n) is 2.65. The van der Waals surface area contributed by atoms with Crippen LogP contribution < -0.4 is 14.9 Å². The van der Waals surface area contributed by atoms with Gasteiger partial charge in [-0.15, -0.1) is 0 Å². The van der Waals surface area contributed by atoms with Gasteiger partial charge >= 0.3 is 0 Å². The molecule has 1 aromatic carbocycles. The monoisotopic (exact) mass is 428 g/mol. The van der Waals surface area contributed by atoms with E-state index in [4.69, 9.17) is 42.2 Å². The zero-order valence-electron chi connectivity index (χ0n) is 15.8. The lowest BCUT2D eigenvalue weighted by Gasteiger charge is -2.07. The van der Waals surface area contributed by atoms with Crippen LogP contribution in [-0.4, -0.2) is 18.3 Å². The van der Waals surface area contributed by atoms with Crippen LogP contribution >= 0.6 is 23.2 Å². The zero-order valence-corrected chi connectivity index (χ0v) is 17.3. The van der Waals surface area contributed by atoms with Crippen molar-refractivity contribution in [1.29, 1.82) is 0 Å². The average molecular weight is 429 g/mol. The summed E-state index contributed by atoms with van der Waals surface area (Å²) in [5, 5.41) is 9.93. The summed E-state index contributed by atoms with van der Waals surface area (Å²) in [6, 6.07) is 6.54. The van der Waals surface area contributed by atoms with Crippen LogP contribution in [0.2, 0.25) is 10.0 Å². The Labute approximate surface area is 175 Å². The van der Waals surface area contributed by atoms with Gasteiger partial charge in [0.05, 0.1) is 23.3 Å². The molecule has 1 aromatic heterocycles. The summed E-state index contributed by atoms with van der Waals surface area (Å²) in [6.45, 7) is 0.862. The molecule has 7 heteroatoms. The smallest absolute Gasteiger partial charge is 0.227 e. The van der Waals surface area contributed by atoms with Gasteiger partial charge in [-0.05, 0) is 25.0 Å². The molecule has 0 saturated carbocycles. The number of hydrogen-bond donors (Lipinski definition) is 1. The highest BCUT2D eigenvalue weighted by Gasteiger charge is 2.04. The van der Waals surface area contributed by atoms with Crippen molar-refractivity contribution >= 4 is 23.2 Å². The first kappa shape index (κ1) is 22.6. The van der Waals surface area contributed by atoms with E-state index in [1.807, 2.05) is 6.07 Å². The van der Waals surface area contributed by atoms with Crippen LogP contribution in [0.5, 0.6) is 11.5 Å². The largest absolute Gasteiger partial charge is 0.494 e. The predicted octanol–water partition coefficient (Wildman–Crippen LogP) is 5.63. The van der Waals surface area contributed by atoms with Crippen molar-refractivity contribution < 1.29 is 19.0 Å². The summed E-state index contributed by atoms with van der Waals surface area (Å²) in [5.74, 6) is 1.17. The number of aliphatic hydroxyl groups excluding tert-OH is 1. The number of halogens is 2. The second kappa shape index (κ2) is 12.7. The topological polar surface area (TPSA) is 68.9 Å². The Bertz CT molecular complexity index is 776. The molecule has 1 N–H and O–H groups in total. The van der Waals surface area contributed by atoms with E-state index >= 15 is 0 Å². The van der Waals surface area contributed by atoms with Crippen molar-refractivity contribution in [2.75, 3.05) is 13.2 Å². The Balaban J connectivity index is 1.44. The van der Waals surface area contributed by atoms with Crippen LogP contribution in [0, 0.1) is 0 Å². The Hall–Kier alpha value is -1.69. The van der Waals surface area contributed by atoms with E-state index in [-0.39, 0.29) is 23.5 Å². The third-order valence-electron chi connectivity index (χ3n) is 4.21. The molecule has 0 atom stereocenters. The first-order valence-corrected chi connectivity index (χ1v) is 10.3. The van der Waals surface area contributed by atoms with Crippen LogP contribution in [0.3, 0.4) is 0 Å². The van der Waals surface area contributed by atoms with Gasteiger partial charge in [0.15, 0.2) is 0 Å². The predicted molar refractivity (Wildman–Crippen MR) is 111 cm³/mol. The van der Waals surface area contributed by atoms with E-state index < -0.39 is 0 Å². The van der Waals surface area contributed by atoms with E-state index in [1.54, 1.807) is 12.1 Å². The maximum atomic E-state index is 11.7. The molecule has 0 bridgehead atoms. The second-order valence-corrected chi connectivity index (χ2v) is 7.30. The molecule has 2 rings (SSSR count). The molecule has 0 aliphatic rings. The summed E-state index contributed by atoms with van der Waals surface area (Å²) in [6.07, 6.45) is 8.79. The van der Waals surface area contributed by atoms with E-state index in [0.717, 1.165) is 44.3 Å². The van der Waals surface area contributed by atoms with Gasteiger partial charge in [-0.3, -0.25) is 4.79 Å². The molecule has 154 valence electrons. The number of benzene rings is 1. The maximum Gasteiger partial charge on any atom is 0.227 e. The van der Waals surface area contributed by atoms with Gasteiger partial charge in [-0.1, -0.05) is 55.3 Å². The molecule has 1 heterocycles. The molecular formula is C21H26Cl2O5. The molecule has 0 aliphatic heterocycles. The van der Waals surface area contributed by atoms with Crippen molar-refractivity contribution in [2.24, 2.45) is 0 Å². The summed E-state index contributed by atoms with van der Waals surface area (Å²) in [4.78, 5) is 11.7. The molecule has 2 aromatic rings. The SMILES string of the molecule is O=c1cc(CO)occ1OCCCCCCCCCOc1ccc(Cl)c(Cl)c1. The fraction of sp³-hybridized carbons (Fsp3) is 0.476. The minimum Gasteiger partial charge on any atom is -0.494 e. The maximum absolute atomic E-state index is 11.7. The normalized spacial score (nSPS) is 10.8. The van der Waals surface area contributed by atoms with Gasteiger partial charge in [-0.2, -0.15) is 0 Å². The van der Waals surface area contributed by atoms with Gasteiger partial charge in [0.1, 0.15) is 24.4 Å². The molecule has 5 nitrogen and oxygen atoms in total. The van der Waals surface area contributed by atoms with E-state index in [0.29, 0.717) is 23.3 Å². The van der Waals surface area contributed by atoms with Crippen LogP contribution in [0.25, 0.3) is 0 Å². The minimum absolute atomic E-state index is 0.194. The quantitative estimate of drug-likeness (QED) is 0.418. The molecule has 0 radical (unpaired) electrons. The highest BCUT2D eigenvalue weighted by Crippen LogP contribution is 2.26. The minimum atomic E-state index is -0.295. The highest BCUT2D eigenvalue weighted by molar-refractivity contribution is 6.42. The average Bonchev–Trinajstić information content (AvgIpc) is 2.69. The van der Waals surface area contributed by atoms with Crippen molar-refractivity contribution in [2.45, 2.75) is 51.6 Å². The van der Waals surface area contributed by atoms with Gasteiger partial charge in [-0.25, -0.2) is 0 Å². The molecule has 0 aliphatic carbocycles. The summed E-state index contributed by atoms with van der Waals surface area (Å²) < 4.78 is 16.2. The van der Waals surface area contributed by atoms with Gasteiger partial charge in [0.2, 0.25) is 11.2 Å². The van der Waals surface area contributed by atoms with Crippen molar-refractivity contribution in [3.05, 3.63) is 56.6 Å². The van der Waals surface area contributed by atoms with Gasteiger partial charge < -0.3 is 19.0 Å². The number of unbranched alkanes of at least 4 members (excludes halogenated alkanes) is 6. The molecule has 0 unspecified atom stereocenters. The summed E-state index contributed by atoms with van der Waals surface area (Å²) in [5.41, 5.74) is -0.265. The molecule has 0 amide bonds. The number of rotatable bonds is 13. The van der Waals surface area contributed by atoms with E-state index in [2.05, 4.69) is 0 Å². The van der Waals surface area contributed by atoms with E-state index in [1.165, 1.54) is 18.8 Å². The van der Waals surface area contributed by atoms with Crippen LogP contribution in [0.4, 0.5) is 0 Å². The molecule has 28 heavy (non-hydrogen) atoms. The standard InChI is InChI=1S/C21H26Cl2O5/c22-18-9-8-16(12-19(18)23)26-10-6-4-2-1-3-5-7-11-27-21-15-28-17(14-24)13-20(21)25/h8-9,12-13,15,24H,1-7,10-11,14H2. The Morgan fingerprint density at radius 3 is 2.11 bits per heavy atom. The van der Waals surface area contributed by atoms with Crippen LogP contribution in [-0.2, 0) is 6.61 Å². The van der Waals surface area contributed by atoms with Gasteiger partial charge in [0.25, 0.3) is 0 Å². The van der Waals surface area contributed by atoms with Crippen LogP contribution in [0.1, 0.15) is 50.7 Å². The number of ether oxygens (including phenoxy) is 2. The zero-order chi connectivity index (χ0) is 20.2. The second-order valence-electron chi connectivity index (χ2n) is 6.48. The van der Waals surface area contributed by atoms with Gasteiger partial charge in [0, 0.05) is 12.1 Å². The highest BCUT2D eigenvalue weighted by atomic mass is 35.5. The molecular weight excluding hydrogens is 403 g/mol. The van der Waals surface area contributed by atoms with E-state index in [9.17, 15) is 4.79 Å². The van der Waals surface area contributed by atoms with Crippen molar-refractivity contribution in [3.63, 3.8) is 0 Å². The third kappa shape index (κ3) is 8.13. The Morgan fingerprint density at radius 1 is 0.857 bits per heavy atom. The summed E-state index contributed by atoms with van der Waals surface area (Å²) in [7, 11) is 0. The van der Waals surface area contributed by atoms with Crippen molar-refractivity contribution in [1.82, 2.24) is 0 Å². The molecule has 0 saturated heterocycles. The Kier molecular flexibility index (Phi) is 10.3. The first-order chi connectivity index (χ1) is 13.6. The molecule has 0 spiro atoms. The summed E-state index contributed by atoms with van der Waals surface area (Å²) >= 11 is 11.8. The number of hydrogen-bond acceptors (Lipinski definition) is 5. The fourth-order valence-corrected chi connectivity index (χ4v) is 2.94. The van der Waals surface area contributed by atoms with Crippen LogP contribution in [0.15, 0.2) is 39.7 Å². The lowest BCUT2D eigenvalue weighted by molar-refractivity contribution is 0.236. The number of aliphatic hydroxyl groups is 1. The van der Waals surface area contributed by atoms with Crippen molar-refractivity contribution in [3.8, 4) is 11.5 Å². The molecule has 0 fully saturated rings. The lowest BCUT2D eigenvalue weighted by atomic mass is 10.1. The Morgan fingerprint density at radius 2 is 1.50 bits per heavy atom. The first-order valence-electron chi connectivity index (χ1n) is 9.53.